The zero-order chi connectivity index (χ0) is 24.7. The Morgan fingerprint density at radius 2 is 1.50 bits per heavy atom. The summed E-state index contributed by atoms with van der Waals surface area (Å²) in [6.45, 7) is 7.53. The molecule has 1 atom stereocenters. The molecule has 0 bridgehead atoms. The summed E-state index contributed by atoms with van der Waals surface area (Å²) in [4.78, 5) is 38.0. The fourth-order valence-corrected chi connectivity index (χ4v) is 3.46. The van der Waals surface area contributed by atoms with Crippen molar-refractivity contribution in [3.05, 3.63) is 72.4 Å². The van der Waals surface area contributed by atoms with Crippen LogP contribution in [0.1, 0.15) is 44.5 Å². The number of carbonyl (C=O) groups excluding carboxylic acids is 3. The Hall–Kier alpha value is -3.94. The monoisotopic (exact) mass is 461 g/mol. The maximum absolute atomic E-state index is 13.1. The molecule has 0 fully saturated rings. The minimum atomic E-state index is -0.771. The predicted molar refractivity (Wildman–Crippen MR) is 131 cm³/mol. The first-order valence-electron chi connectivity index (χ1n) is 11.4. The Bertz CT molecular complexity index is 1120. The van der Waals surface area contributed by atoms with Crippen LogP contribution in [0.15, 0.2) is 66.9 Å². The third-order valence-electron chi connectivity index (χ3n) is 5.19. The molecule has 3 N–H and O–H groups in total. The molecule has 0 saturated carbocycles. The van der Waals surface area contributed by atoms with Crippen LogP contribution in [-0.4, -0.2) is 33.5 Å². The van der Waals surface area contributed by atoms with Crippen LogP contribution < -0.4 is 16.2 Å². The zero-order valence-corrected chi connectivity index (χ0v) is 19.9. The Labute approximate surface area is 199 Å². The van der Waals surface area contributed by atoms with Crippen molar-refractivity contribution in [2.75, 3.05) is 0 Å². The van der Waals surface area contributed by atoms with Crippen LogP contribution in [0.4, 0.5) is 0 Å². The molecule has 3 aromatic rings. The normalized spacial score (nSPS) is 11.8. The van der Waals surface area contributed by atoms with Crippen LogP contribution in [0.2, 0.25) is 0 Å². The van der Waals surface area contributed by atoms with Crippen molar-refractivity contribution in [2.45, 2.75) is 40.2 Å². The summed E-state index contributed by atoms with van der Waals surface area (Å²) >= 11 is 0. The van der Waals surface area contributed by atoms with Gasteiger partial charge in [-0.25, -0.2) is 4.68 Å². The summed E-state index contributed by atoms with van der Waals surface area (Å²) in [6.07, 6.45) is 1.95. The molecule has 8 nitrogen and oxygen atoms in total. The van der Waals surface area contributed by atoms with E-state index in [1.165, 1.54) is 0 Å². The molecule has 8 heteroatoms. The molecule has 1 heterocycles. The number of para-hydroxylation sites is 1. The summed E-state index contributed by atoms with van der Waals surface area (Å²) in [5.74, 6) is -1.19. The van der Waals surface area contributed by atoms with E-state index in [9.17, 15) is 14.4 Å². The minimum Gasteiger partial charge on any atom is -0.344 e. The van der Waals surface area contributed by atoms with Crippen LogP contribution in [-0.2, 0) is 9.59 Å². The molecule has 34 heavy (non-hydrogen) atoms. The van der Waals surface area contributed by atoms with Crippen molar-refractivity contribution in [2.24, 2.45) is 11.8 Å². The largest absolute Gasteiger partial charge is 0.344 e. The number of carbonyl (C=O) groups is 3. The third-order valence-corrected chi connectivity index (χ3v) is 5.19. The maximum Gasteiger partial charge on any atom is 0.273 e. The second kappa shape index (κ2) is 11.3. The lowest BCUT2D eigenvalue weighted by Crippen LogP contribution is -2.54. The average Bonchev–Trinajstić information content (AvgIpc) is 3.27. The molecular formula is C26H31N5O3. The van der Waals surface area contributed by atoms with Gasteiger partial charge in [0, 0.05) is 18.2 Å². The van der Waals surface area contributed by atoms with Gasteiger partial charge in [0.25, 0.3) is 11.8 Å². The van der Waals surface area contributed by atoms with E-state index in [1.54, 1.807) is 10.9 Å². The summed E-state index contributed by atoms with van der Waals surface area (Å²) < 4.78 is 1.63. The van der Waals surface area contributed by atoms with Gasteiger partial charge in [0.2, 0.25) is 5.91 Å². The molecule has 0 aliphatic heterocycles. The minimum absolute atomic E-state index is 0.159. The highest BCUT2D eigenvalue weighted by Crippen LogP contribution is 2.23. The standard InChI is InChI=1S/C26H31N5O3/c1-17(2)15-22(32)27-23(18(3)4)26(34)29-28-25(33)21-16-31(20-13-9-6-10-14-20)30-24(21)19-11-7-5-8-12-19/h5-14,16-18,23H,15H2,1-4H3,(H,27,32)(H,28,33)(H,29,34). The van der Waals surface area contributed by atoms with Gasteiger partial charge in [-0.1, -0.05) is 76.2 Å². The third kappa shape index (κ3) is 6.31. The van der Waals surface area contributed by atoms with Gasteiger partial charge in [-0.15, -0.1) is 0 Å². The fourth-order valence-electron chi connectivity index (χ4n) is 3.46. The molecule has 0 spiro atoms. The van der Waals surface area contributed by atoms with E-state index in [2.05, 4.69) is 21.3 Å². The Morgan fingerprint density at radius 3 is 2.09 bits per heavy atom. The van der Waals surface area contributed by atoms with Crippen molar-refractivity contribution >= 4 is 17.7 Å². The van der Waals surface area contributed by atoms with Crippen LogP contribution in [0.25, 0.3) is 16.9 Å². The molecule has 2 aromatic carbocycles. The lowest BCUT2D eigenvalue weighted by molar-refractivity contribution is -0.130. The van der Waals surface area contributed by atoms with Crippen molar-refractivity contribution in [1.29, 1.82) is 0 Å². The molecular weight excluding hydrogens is 430 g/mol. The van der Waals surface area contributed by atoms with E-state index in [0.29, 0.717) is 17.7 Å². The van der Waals surface area contributed by atoms with Crippen LogP contribution in [0.5, 0.6) is 0 Å². The van der Waals surface area contributed by atoms with E-state index < -0.39 is 17.9 Å². The first kappa shape index (κ1) is 24.7. The van der Waals surface area contributed by atoms with Crippen LogP contribution >= 0.6 is 0 Å². The molecule has 0 saturated heterocycles. The van der Waals surface area contributed by atoms with Gasteiger partial charge in [-0.2, -0.15) is 5.10 Å². The zero-order valence-electron chi connectivity index (χ0n) is 19.9. The second-order valence-electron chi connectivity index (χ2n) is 8.87. The van der Waals surface area contributed by atoms with Crippen molar-refractivity contribution in [3.8, 4) is 16.9 Å². The highest BCUT2D eigenvalue weighted by molar-refractivity contribution is 6.01. The molecule has 3 amide bonds. The fraction of sp³-hybridized carbons (Fsp3) is 0.308. The van der Waals surface area contributed by atoms with Gasteiger partial charge in [0.1, 0.15) is 11.7 Å². The lowest BCUT2D eigenvalue weighted by atomic mass is 10.0. The first-order chi connectivity index (χ1) is 16.3. The lowest BCUT2D eigenvalue weighted by Gasteiger charge is -2.22. The molecule has 1 unspecified atom stereocenters. The number of nitrogens with one attached hydrogen (secondary N) is 3. The summed E-state index contributed by atoms with van der Waals surface area (Å²) in [5, 5.41) is 7.37. The van der Waals surface area contributed by atoms with Gasteiger partial charge in [0.15, 0.2) is 0 Å². The van der Waals surface area contributed by atoms with Crippen LogP contribution in [0, 0.1) is 11.8 Å². The van der Waals surface area contributed by atoms with Crippen molar-refractivity contribution in [1.82, 2.24) is 25.9 Å². The number of nitrogens with zero attached hydrogens (tertiary/aromatic N) is 2. The Kier molecular flexibility index (Phi) is 8.19. The SMILES string of the molecule is CC(C)CC(=O)NC(C(=O)NNC(=O)c1cn(-c2ccccc2)nc1-c1ccccc1)C(C)C. The van der Waals surface area contributed by atoms with E-state index >= 15 is 0 Å². The van der Waals surface area contributed by atoms with E-state index in [1.807, 2.05) is 88.4 Å². The Balaban J connectivity index is 1.79. The number of benzene rings is 2. The number of amides is 3. The smallest absolute Gasteiger partial charge is 0.273 e. The summed E-state index contributed by atoms with van der Waals surface area (Å²) in [7, 11) is 0. The van der Waals surface area contributed by atoms with E-state index in [-0.39, 0.29) is 17.7 Å². The number of hydrogen-bond acceptors (Lipinski definition) is 4. The number of rotatable bonds is 8. The predicted octanol–water partition coefficient (Wildman–Crippen LogP) is 3.49. The van der Waals surface area contributed by atoms with Crippen molar-refractivity contribution in [3.63, 3.8) is 0 Å². The van der Waals surface area contributed by atoms with Gasteiger partial charge < -0.3 is 5.32 Å². The second-order valence-corrected chi connectivity index (χ2v) is 8.87. The molecule has 0 radical (unpaired) electrons. The average molecular weight is 462 g/mol. The van der Waals surface area contributed by atoms with Gasteiger partial charge in [0.05, 0.1) is 11.3 Å². The molecule has 1 aromatic heterocycles. The topological polar surface area (TPSA) is 105 Å². The van der Waals surface area contributed by atoms with E-state index in [0.717, 1.165) is 11.3 Å². The van der Waals surface area contributed by atoms with Gasteiger partial charge in [-0.05, 0) is 24.0 Å². The van der Waals surface area contributed by atoms with E-state index in [4.69, 9.17) is 0 Å². The maximum atomic E-state index is 13.1. The highest BCUT2D eigenvalue weighted by atomic mass is 16.2. The quantitative estimate of drug-likeness (QED) is 0.447. The van der Waals surface area contributed by atoms with Crippen molar-refractivity contribution < 1.29 is 14.4 Å². The number of hydrogen-bond donors (Lipinski definition) is 3. The summed E-state index contributed by atoms with van der Waals surface area (Å²) in [5.41, 5.74) is 7.31. The molecule has 0 aliphatic carbocycles. The summed E-state index contributed by atoms with van der Waals surface area (Å²) in [6, 6.07) is 18.0. The Morgan fingerprint density at radius 1 is 0.882 bits per heavy atom. The molecule has 0 aliphatic rings. The molecule has 178 valence electrons. The van der Waals surface area contributed by atoms with Crippen LogP contribution in [0.3, 0.4) is 0 Å². The van der Waals surface area contributed by atoms with Gasteiger partial charge >= 0.3 is 0 Å². The highest BCUT2D eigenvalue weighted by Gasteiger charge is 2.26. The van der Waals surface area contributed by atoms with Gasteiger partial charge in [-0.3, -0.25) is 25.2 Å². The molecule has 3 rings (SSSR count). The number of aromatic nitrogens is 2. The number of hydrazine groups is 1. The first-order valence-corrected chi connectivity index (χ1v) is 11.4.